The molecule has 2 aromatic heterocycles. The molecule has 2 heterocycles. The number of likely N-dealkylation sites (N-methyl/N-ethyl adjacent to an activating group) is 1. The molecular weight excluding hydrogens is 304 g/mol. The number of nitrogens with zero attached hydrogens (tertiary/aromatic N) is 3. The van der Waals surface area contributed by atoms with Gasteiger partial charge in [-0.1, -0.05) is 13.3 Å². The van der Waals surface area contributed by atoms with Crippen LogP contribution >= 0.6 is 11.3 Å². The maximum absolute atomic E-state index is 12.2. The Morgan fingerprint density at radius 1 is 1.50 bits per heavy atom. The van der Waals surface area contributed by atoms with Crippen LogP contribution in [-0.2, 0) is 0 Å². The molecule has 22 heavy (non-hydrogen) atoms. The molecule has 0 aliphatic carbocycles. The summed E-state index contributed by atoms with van der Waals surface area (Å²) < 4.78 is 1.26. The predicted molar refractivity (Wildman–Crippen MR) is 85.7 cm³/mol. The zero-order valence-corrected chi connectivity index (χ0v) is 13.5. The van der Waals surface area contributed by atoms with E-state index in [4.69, 9.17) is 0 Å². The molecular formula is C14H20N4O3S. The van der Waals surface area contributed by atoms with Crippen molar-refractivity contribution in [3.05, 3.63) is 27.5 Å². The maximum Gasteiger partial charge on any atom is 0.275 e. The summed E-state index contributed by atoms with van der Waals surface area (Å²) in [6.45, 7) is 4.17. The number of aromatic nitrogens is 2. The highest BCUT2D eigenvalue weighted by atomic mass is 32.1. The van der Waals surface area contributed by atoms with Crippen molar-refractivity contribution >= 4 is 22.2 Å². The third-order valence-corrected chi connectivity index (χ3v) is 4.10. The Bertz CT molecular complexity index is 710. The van der Waals surface area contributed by atoms with Gasteiger partial charge in [0.1, 0.15) is 0 Å². The number of amides is 1. The first-order valence-electron chi connectivity index (χ1n) is 7.20. The summed E-state index contributed by atoms with van der Waals surface area (Å²) >= 11 is 1.22. The van der Waals surface area contributed by atoms with E-state index < -0.39 is 17.3 Å². The fourth-order valence-corrected chi connectivity index (χ4v) is 2.76. The Hall–Kier alpha value is -1.93. The highest BCUT2D eigenvalue weighted by molar-refractivity contribution is 7.15. The summed E-state index contributed by atoms with van der Waals surface area (Å²) in [6.07, 6.45) is 3.75. The molecule has 2 N–H and O–H groups in total. The molecule has 0 fully saturated rings. The number of thiazole rings is 1. The summed E-state index contributed by atoms with van der Waals surface area (Å²) in [6, 6.07) is 0. The number of hydrogen-bond donors (Lipinski definition) is 2. The van der Waals surface area contributed by atoms with Gasteiger partial charge >= 0.3 is 0 Å². The molecule has 7 nitrogen and oxygen atoms in total. The van der Waals surface area contributed by atoms with Gasteiger partial charge < -0.3 is 15.3 Å². The van der Waals surface area contributed by atoms with Gasteiger partial charge in [-0.25, -0.2) is 0 Å². The van der Waals surface area contributed by atoms with Crippen molar-refractivity contribution in [2.24, 2.45) is 0 Å². The van der Waals surface area contributed by atoms with Crippen molar-refractivity contribution in [1.82, 2.24) is 19.6 Å². The zero-order chi connectivity index (χ0) is 16.1. The third-order valence-electron chi connectivity index (χ3n) is 3.35. The molecule has 0 saturated carbocycles. The van der Waals surface area contributed by atoms with Crippen molar-refractivity contribution in [2.45, 2.75) is 19.8 Å². The van der Waals surface area contributed by atoms with Crippen molar-refractivity contribution in [1.29, 1.82) is 0 Å². The molecule has 0 saturated heterocycles. The van der Waals surface area contributed by atoms with E-state index in [2.05, 4.69) is 22.1 Å². The molecule has 0 aromatic carbocycles. The third kappa shape index (κ3) is 3.63. The number of unbranched alkanes of at least 4 members (excludes halogenated alkanes) is 1. The number of nitrogens with one attached hydrogen (secondary N) is 1. The molecule has 8 heteroatoms. The standard InChI is InChI=1S/C14H20N4O3S/c1-3-4-6-17(2)7-5-15-11(19)10-12(20)16-14-18(13(10)21)8-9-22-14/h8-9,20H,3-7H2,1-2H3,(H,15,19). The molecule has 1 amide bonds. The van der Waals surface area contributed by atoms with Crippen LogP contribution in [0, 0.1) is 0 Å². The van der Waals surface area contributed by atoms with Crippen LogP contribution in [0.5, 0.6) is 5.88 Å². The zero-order valence-electron chi connectivity index (χ0n) is 12.7. The number of fused-ring (bicyclic) bond motifs is 1. The molecule has 0 radical (unpaired) electrons. The van der Waals surface area contributed by atoms with E-state index in [1.165, 1.54) is 21.9 Å². The summed E-state index contributed by atoms with van der Waals surface area (Å²) in [7, 11) is 1.98. The summed E-state index contributed by atoms with van der Waals surface area (Å²) in [5.74, 6) is -1.12. The van der Waals surface area contributed by atoms with Crippen LogP contribution in [-0.4, -0.2) is 52.0 Å². The van der Waals surface area contributed by atoms with Crippen LogP contribution in [0.4, 0.5) is 0 Å². The van der Waals surface area contributed by atoms with Gasteiger partial charge in [0.25, 0.3) is 11.5 Å². The Kier molecular flexibility index (Phi) is 5.51. The number of carbonyl (C=O) groups is 1. The maximum atomic E-state index is 12.2. The minimum absolute atomic E-state index is 0.313. The second-order valence-electron chi connectivity index (χ2n) is 5.08. The van der Waals surface area contributed by atoms with Crippen LogP contribution in [0.1, 0.15) is 30.1 Å². The van der Waals surface area contributed by atoms with E-state index >= 15 is 0 Å². The smallest absolute Gasteiger partial charge is 0.275 e. The molecule has 0 spiro atoms. The molecule has 0 aliphatic rings. The van der Waals surface area contributed by atoms with E-state index in [1.54, 1.807) is 5.38 Å². The van der Waals surface area contributed by atoms with E-state index in [1.807, 2.05) is 7.05 Å². The lowest BCUT2D eigenvalue weighted by molar-refractivity contribution is 0.0944. The number of aromatic hydroxyl groups is 1. The Morgan fingerprint density at radius 3 is 3.00 bits per heavy atom. The average Bonchev–Trinajstić information content (AvgIpc) is 2.93. The van der Waals surface area contributed by atoms with E-state index in [0.29, 0.717) is 18.1 Å². The van der Waals surface area contributed by atoms with Crippen LogP contribution in [0.3, 0.4) is 0 Å². The Balaban J connectivity index is 2.02. The lowest BCUT2D eigenvalue weighted by Crippen LogP contribution is -2.36. The van der Waals surface area contributed by atoms with Gasteiger partial charge in [0.15, 0.2) is 10.5 Å². The van der Waals surface area contributed by atoms with Gasteiger partial charge in [-0.15, -0.1) is 11.3 Å². The lowest BCUT2D eigenvalue weighted by Gasteiger charge is -2.16. The van der Waals surface area contributed by atoms with Gasteiger partial charge in [0.05, 0.1) is 0 Å². The molecule has 0 atom stereocenters. The lowest BCUT2D eigenvalue weighted by atomic mass is 10.3. The average molecular weight is 324 g/mol. The minimum atomic E-state index is -0.598. The van der Waals surface area contributed by atoms with Crippen LogP contribution in [0.25, 0.3) is 4.96 Å². The van der Waals surface area contributed by atoms with Gasteiger partial charge in [0.2, 0.25) is 5.88 Å². The van der Waals surface area contributed by atoms with Gasteiger partial charge in [0, 0.05) is 24.7 Å². The van der Waals surface area contributed by atoms with Crippen LogP contribution in [0.15, 0.2) is 16.4 Å². The minimum Gasteiger partial charge on any atom is -0.492 e. The van der Waals surface area contributed by atoms with Crippen molar-refractivity contribution in [3.63, 3.8) is 0 Å². The van der Waals surface area contributed by atoms with Gasteiger partial charge in [-0.3, -0.25) is 14.0 Å². The van der Waals surface area contributed by atoms with Crippen molar-refractivity contribution in [3.8, 4) is 5.88 Å². The highest BCUT2D eigenvalue weighted by Crippen LogP contribution is 2.14. The van der Waals surface area contributed by atoms with Crippen LogP contribution in [0.2, 0.25) is 0 Å². The molecule has 0 aliphatic heterocycles. The quantitative estimate of drug-likeness (QED) is 0.791. The van der Waals surface area contributed by atoms with Crippen molar-refractivity contribution < 1.29 is 9.90 Å². The number of rotatable bonds is 7. The summed E-state index contributed by atoms with van der Waals surface area (Å²) in [5.41, 5.74) is -0.868. The molecule has 0 bridgehead atoms. The first-order valence-corrected chi connectivity index (χ1v) is 8.08. The molecule has 120 valence electrons. The number of hydrogen-bond acceptors (Lipinski definition) is 6. The van der Waals surface area contributed by atoms with Crippen LogP contribution < -0.4 is 10.9 Å². The van der Waals surface area contributed by atoms with E-state index in [9.17, 15) is 14.7 Å². The second kappa shape index (κ2) is 7.37. The summed E-state index contributed by atoms with van der Waals surface area (Å²) in [4.78, 5) is 30.6. The fourth-order valence-electron chi connectivity index (χ4n) is 2.06. The Labute approximate surface area is 132 Å². The Morgan fingerprint density at radius 2 is 2.27 bits per heavy atom. The first-order chi connectivity index (χ1) is 10.5. The van der Waals surface area contributed by atoms with Crippen molar-refractivity contribution in [2.75, 3.05) is 26.7 Å². The normalized spacial score (nSPS) is 11.2. The van der Waals surface area contributed by atoms with Gasteiger partial charge in [-0.2, -0.15) is 4.98 Å². The van der Waals surface area contributed by atoms with E-state index in [0.717, 1.165) is 19.4 Å². The SMILES string of the molecule is CCCCN(C)CCNC(=O)c1c(O)nc2sccn2c1=O. The molecule has 0 unspecified atom stereocenters. The molecule has 2 aromatic rings. The summed E-state index contributed by atoms with van der Waals surface area (Å²) in [5, 5.41) is 14.1. The topological polar surface area (TPSA) is 86.9 Å². The number of carbonyl (C=O) groups excluding carboxylic acids is 1. The molecule has 2 rings (SSSR count). The van der Waals surface area contributed by atoms with E-state index in [-0.39, 0.29) is 5.56 Å². The fraction of sp³-hybridized carbons (Fsp3) is 0.500. The monoisotopic (exact) mass is 324 g/mol. The predicted octanol–water partition coefficient (Wildman–Crippen LogP) is 0.923. The first kappa shape index (κ1) is 16.4. The second-order valence-corrected chi connectivity index (χ2v) is 5.96. The largest absolute Gasteiger partial charge is 0.492 e. The van der Waals surface area contributed by atoms with Gasteiger partial charge in [-0.05, 0) is 20.0 Å². The highest BCUT2D eigenvalue weighted by Gasteiger charge is 2.19.